The summed E-state index contributed by atoms with van der Waals surface area (Å²) in [4.78, 5) is 13.7. The quantitative estimate of drug-likeness (QED) is 0.626. The van der Waals surface area contributed by atoms with Crippen molar-refractivity contribution in [1.82, 2.24) is 14.8 Å². The lowest BCUT2D eigenvalue weighted by atomic mass is 9.94. The van der Waals surface area contributed by atoms with Crippen LogP contribution in [-0.4, -0.2) is 36.9 Å². The highest BCUT2D eigenvalue weighted by Gasteiger charge is 2.31. The van der Waals surface area contributed by atoms with E-state index in [1.54, 1.807) is 41.7 Å². The van der Waals surface area contributed by atoms with Gasteiger partial charge in [-0.1, -0.05) is 28.9 Å². The van der Waals surface area contributed by atoms with Crippen LogP contribution in [0.15, 0.2) is 57.3 Å². The molecule has 0 unspecified atom stereocenters. The molecular weight excluding hydrogens is 422 g/mol. The normalized spacial score (nSPS) is 15.9. The van der Waals surface area contributed by atoms with Crippen LogP contribution in [0.25, 0.3) is 0 Å². The molecular formula is C21H23N3O4S2. The van der Waals surface area contributed by atoms with Gasteiger partial charge in [-0.3, -0.25) is 4.79 Å². The van der Waals surface area contributed by atoms with Gasteiger partial charge in [-0.05, 0) is 43.3 Å². The molecule has 1 amide bonds. The summed E-state index contributed by atoms with van der Waals surface area (Å²) in [5.74, 6) is -0.0603. The van der Waals surface area contributed by atoms with Crippen molar-refractivity contribution in [3.05, 3.63) is 69.7 Å². The van der Waals surface area contributed by atoms with Crippen LogP contribution in [-0.2, 0) is 16.6 Å². The van der Waals surface area contributed by atoms with Crippen molar-refractivity contribution in [3.8, 4) is 0 Å². The third kappa shape index (κ3) is 4.48. The molecule has 1 fully saturated rings. The second-order valence-corrected chi connectivity index (χ2v) is 10.3. The highest BCUT2D eigenvalue weighted by Crippen LogP contribution is 2.30. The summed E-state index contributed by atoms with van der Waals surface area (Å²) in [5.41, 5.74) is 1.72. The minimum atomic E-state index is -3.50. The molecule has 0 spiro atoms. The number of hydrogen-bond donors (Lipinski definition) is 1. The summed E-state index contributed by atoms with van der Waals surface area (Å²) >= 11 is 1.57. The van der Waals surface area contributed by atoms with Crippen molar-refractivity contribution >= 4 is 27.3 Å². The number of rotatable bonds is 6. The van der Waals surface area contributed by atoms with Gasteiger partial charge >= 0.3 is 0 Å². The van der Waals surface area contributed by atoms with E-state index in [1.807, 2.05) is 24.4 Å². The van der Waals surface area contributed by atoms with Crippen LogP contribution in [0.2, 0.25) is 0 Å². The summed E-state index contributed by atoms with van der Waals surface area (Å²) in [6.07, 6.45) is 1.27. The lowest BCUT2D eigenvalue weighted by Crippen LogP contribution is -2.37. The molecule has 0 saturated carbocycles. The predicted molar refractivity (Wildman–Crippen MR) is 114 cm³/mol. The van der Waals surface area contributed by atoms with Gasteiger partial charge < -0.3 is 9.84 Å². The Bertz CT molecular complexity index is 1100. The maximum atomic E-state index is 12.8. The van der Waals surface area contributed by atoms with Crippen LogP contribution in [0.4, 0.5) is 0 Å². The van der Waals surface area contributed by atoms with Gasteiger partial charge in [0.2, 0.25) is 15.8 Å². The van der Waals surface area contributed by atoms with Gasteiger partial charge in [-0.2, -0.15) is 4.31 Å². The largest absolute Gasteiger partial charge is 0.351 e. The van der Waals surface area contributed by atoms with Crippen molar-refractivity contribution in [2.45, 2.75) is 37.1 Å². The van der Waals surface area contributed by atoms with Crippen LogP contribution in [0.3, 0.4) is 0 Å². The van der Waals surface area contributed by atoms with Gasteiger partial charge in [0.15, 0.2) is 0 Å². The van der Waals surface area contributed by atoms with Gasteiger partial charge in [-0.25, -0.2) is 8.42 Å². The third-order valence-corrected chi connectivity index (χ3v) is 8.08. The van der Waals surface area contributed by atoms with Crippen LogP contribution in [0.5, 0.6) is 0 Å². The Morgan fingerprint density at radius 1 is 1.23 bits per heavy atom. The molecule has 0 aliphatic carbocycles. The maximum absolute atomic E-state index is 12.8. The molecule has 1 aromatic carbocycles. The van der Waals surface area contributed by atoms with Crippen molar-refractivity contribution in [3.63, 3.8) is 0 Å². The number of hydrogen-bond acceptors (Lipinski definition) is 6. The molecule has 0 bridgehead atoms. The maximum Gasteiger partial charge on any atom is 0.290 e. The van der Waals surface area contributed by atoms with E-state index in [-0.39, 0.29) is 17.6 Å². The molecule has 4 rings (SSSR count). The number of thiophene rings is 1. The van der Waals surface area contributed by atoms with Gasteiger partial charge in [0, 0.05) is 30.0 Å². The highest BCUT2D eigenvalue weighted by molar-refractivity contribution is 7.89. The monoisotopic (exact) mass is 445 g/mol. The molecule has 3 aromatic rings. The standard InChI is InChI=1S/C21H23N3O4S2/c1-15-4-6-18(7-5-15)30(26,27)24-10-8-16(9-11-24)19-13-20(28-23-19)21(25)22-14-17-3-2-12-29-17/h2-7,12-13,16H,8-11,14H2,1H3,(H,22,25). The Hall–Kier alpha value is -2.49. The third-order valence-electron chi connectivity index (χ3n) is 5.29. The smallest absolute Gasteiger partial charge is 0.290 e. The average Bonchev–Trinajstić information content (AvgIpc) is 3.45. The summed E-state index contributed by atoms with van der Waals surface area (Å²) in [6, 6.07) is 12.5. The molecule has 30 heavy (non-hydrogen) atoms. The number of carbonyl (C=O) groups is 1. The number of aryl methyl sites for hydroxylation is 1. The average molecular weight is 446 g/mol. The van der Waals surface area contributed by atoms with Gasteiger partial charge in [0.1, 0.15) is 0 Å². The highest BCUT2D eigenvalue weighted by atomic mass is 32.2. The van der Waals surface area contributed by atoms with Crippen LogP contribution in [0, 0.1) is 6.92 Å². The molecule has 1 N–H and O–H groups in total. The number of aromatic nitrogens is 1. The summed E-state index contributed by atoms with van der Waals surface area (Å²) < 4.78 is 32.4. The number of nitrogens with zero attached hydrogens (tertiary/aromatic N) is 2. The zero-order valence-electron chi connectivity index (χ0n) is 16.6. The number of amides is 1. The fraction of sp³-hybridized carbons (Fsp3) is 0.333. The molecule has 3 heterocycles. The van der Waals surface area contributed by atoms with Gasteiger partial charge in [-0.15, -0.1) is 11.3 Å². The minimum absolute atomic E-state index is 0.0667. The van der Waals surface area contributed by atoms with E-state index < -0.39 is 10.0 Å². The van der Waals surface area contributed by atoms with Crippen molar-refractivity contribution in [1.29, 1.82) is 0 Å². The predicted octanol–water partition coefficient (Wildman–Crippen LogP) is 3.54. The fourth-order valence-electron chi connectivity index (χ4n) is 3.51. The Balaban J connectivity index is 1.35. The van der Waals surface area contributed by atoms with Gasteiger partial charge in [0.25, 0.3) is 5.91 Å². The van der Waals surface area contributed by atoms with E-state index in [0.29, 0.717) is 43.1 Å². The molecule has 1 saturated heterocycles. The molecule has 7 nitrogen and oxygen atoms in total. The van der Waals surface area contributed by atoms with Crippen LogP contribution >= 0.6 is 11.3 Å². The summed E-state index contributed by atoms with van der Waals surface area (Å²) in [6.45, 7) is 3.19. The molecule has 9 heteroatoms. The fourth-order valence-corrected chi connectivity index (χ4v) is 5.62. The van der Waals surface area contributed by atoms with E-state index in [0.717, 1.165) is 10.4 Å². The molecule has 1 aliphatic rings. The Morgan fingerprint density at radius 2 is 1.97 bits per heavy atom. The SMILES string of the molecule is Cc1ccc(S(=O)(=O)N2CCC(c3cc(C(=O)NCc4cccs4)on3)CC2)cc1. The summed E-state index contributed by atoms with van der Waals surface area (Å²) in [5, 5.41) is 8.83. The lowest BCUT2D eigenvalue weighted by molar-refractivity contribution is 0.0914. The molecule has 158 valence electrons. The van der Waals surface area contributed by atoms with Crippen molar-refractivity contribution < 1.29 is 17.7 Å². The number of piperidine rings is 1. The Morgan fingerprint density at radius 3 is 2.63 bits per heavy atom. The minimum Gasteiger partial charge on any atom is -0.351 e. The lowest BCUT2D eigenvalue weighted by Gasteiger charge is -2.30. The second kappa shape index (κ2) is 8.71. The molecule has 0 radical (unpaired) electrons. The first-order valence-electron chi connectivity index (χ1n) is 9.77. The second-order valence-electron chi connectivity index (χ2n) is 7.37. The molecule has 0 atom stereocenters. The molecule has 1 aliphatic heterocycles. The zero-order valence-corrected chi connectivity index (χ0v) is 18.2. The van der Waals surface area contributed by atoms with Crippen LogP contribution < -0.4 is 5.32 Å². The Labute approximate surface area is 179 Å². The van der Waals surface area contributed by atoms with E-state index in [4.69, 9.17) is 4.52 Å². The number of nitrogens with one attached hydrogen (secondary N) is 1. The van der Waals surface area contributed by atoms with Crippen LogP contribution in [0.1, 0.15) is 45.4 Å². The first-order chi connectivity index (χ1) is 14.4. The number of sulfonamides is 1. The van der Waals surface area contributed by atoms with Gasteiger partial charge in [0.05, 0.1) is 17.1 Å². The summed E-state index contributed by atoms with van der Waals surface area (Å²) in [7, 11) is -3.50. The zero-order chi connectivity index (χ0) is 21.1. The number of benzene rings is 1. The first-order valence-corrected chi connectivity index (χ1v) is 12.1. The van der Waals surface area contributed by atoms with E-state index in [2.05, 4.69) is 10.5 Å². The molecule has 2 aromatic heterocycles. The topological polar surface area (TPSA) is 92.5 Å². The van der Waals surface area contributed by atoms with E-state index >= 15 is 0 Å². The van der Waals surface area contributed by atoms with E-state index in [9.17, 15) is 13.2 Å². The number of carbonyl (C=O) groups excluding carboxylic acids is 1. The first kappa shape index (κ1) is 20.8. The van der Waals surface area contributed by atoms with Crippen molar-refractivity contribution in [2.75, 3.05) is 13.1 Å². The van der Waals surface area contributed by atoms with E-state index in [1.165, 1.54) is 4.31 Å². The Kier molecular flexibility index (Phi) is 6.03. The van der Waals surface area contributed by atoms with Crippen molar-refractivity contribution in [2.24, 2.45) is 0 Å².